The number of hydrogen-bond donors (Lipinski definition) is 1. The van der Waals surface area contributed by atoms with Gasteiger partial charge in [0.1, 0.15) is 5.82 Å². The Hall–Kier alpha value is -3.47. The van der Waals surface area contributed by atoms with E-state index in [1.165, 1.54) is 30.0 Å². The maximum atomic E-state index is 13.8. The van der Waals surface area contributed by atoms with Crippen molar-refractivity contribution in [1.82, 2.24) is 0 Å². The molecule has 0 unspecified atom stereocenters. The topological polar surface area (TPSA) is 49.4 Å². The van der Waals surface area contributed by atoms with E-state index in [1.807, 2.05) is 60.7 Å². The Bertz CT molecular complexity index is 951. The average molecular weight is 390 g/mol. The summed E-state index contributed by atoms with van der Waals surface area (Å²) >= 11 is 0. The zero-order valence-corrected chi connectivity index (χ0v) is 16.4. The molecule has 0 radical (unpaired) electrons. The van der Waals surface area contributed by atoms with E-state index in [-0.39, 0.29) is 29.8 Å². The zero-order chi connectivity index (χ0) is 20.8. The summed E-state index contributed by atoms with van der Waals surface area (Å²) in [5, 5.41) is 2.78. The molecule has 0 bridgehead atoms. The van der Waals surface area contributed by atoms with Crippen LogP contribution in [0.5, 0.6) is 0 Å². The fraction of sp³-hybridized carbons (Fsp3) is 0.167. The highest BCUT2D eigenvalue weighted by Gasteiger charge is 2.20. The van der Waals surface area contributed by atoms with Gasteiger partial charge in [-0.05, 0) is 29.3 Å². The Labute approximate surface area is 170 Å². The first-order valence-corrected chi connectivity index (χ1v) is 9.39. The normalized spacial score (nSPS) is 10.6. The molecule has 0 aliphatic rings. The first-order chi connectivity index (χ1) is 14.0. The van der Waals surface area contributed by atoms with E-state index in [9.17, 15) is 14.0 Å². The van der Waals surface area contributed by atoms with Crippen molar-refractivity contribution in [2.24, 2.45) is 0 Å². The van der Waals surface area contributed by atoms with Crippen LogP contribution in [0, 0.1) is 5.82 Å². The Morgan fingerprint density at radius 3 is 2.00 bits per heavy atom. The van der Waals surface area contributed by atoms with Crippen molar-refractivity contribution in [1.29, 1.82) is 0 Å². The molecule has 3 aromatic carbocycles. The van der Waals surface area contributed by atoms with Crippen molar-refractivity contribution in [3.05, 3.63) is 95.8 Å². The van der Waals surface area contributed by atoms with Crippen LogP contribution in [0.25, 0.3) is 0 Å². The molecule has 1 N–H and O–H groups in total. The lowest BCUT2D eigenvalue weighted by atomic mass is 9.88. The minimum atomic E-state index is -0.483. The first kappa shape index (κ1) is 20.3. The van der Waals surface area contributed by atoms with Crippen molar-refractivity contribution < 1.29 is 14.0 Å². The van der Waals surface area contributed by atoms with Crippen LogP contribution < -0.4 is 10.2 Å². The number of amides is 2. The van der Waals surface area contributed by atoms with Gasteiger partial charge in [0.05, 0.1) is 11.4 Å². The van der Waals surface area contributed by atoms with Crippen LogP contribution in [0.4, 0.5) is 15.8 Å². The number of nitrogens with one attached hydrogen (secondary N) is 1. The highest BCUT2D eigenvalue weighted by molar-refractivity contribution is 6.00. The third kappa shape index (κ3) is 5.08. The highest BCUT2D eigenvalue weighted by atomic mass is 19.1. The SMILES string of the molecule is CC(=O)N(C)c1ccc(F)cc1NC(=O)CC(c1ccccc1)c1ccccc1. The number of anilines is 2. The van der Waals surface area contributed by atoms with E-state index in [4.69, 9.17) is 0 Å². The summed E-state index contributed by atoms with van der Waals surface area (Å²) in [5.74, 6) is -1.09. The molecule has 0 aliphatic carbocycles. The van der Waals surface area contributed by atoms with Crippen LogP contribution in [-0.4, -0.2) is 18.9 Å². The quantitative estimate of drug-likeness (QED) is 0.646. The van der Waals surface area contributed by atoms with Crippen LogP contribution in [0.2, 0.25) is 0 Å². The molecule has 0 aromatic heterocycles. The van der Waals surface area contributed by atoms with E-state index < -0.39 is 5.82 Å². The van der Waals surface area contributed by atoms with Crippen LogP contribution in [0.1, 0.15) is 30.4 Å². The van der Waals surface area contributed by atoms with Crippen LogP contribution in [0.15, 0.2) is 78.9 Å². The Kier molecular flexibility index (Phi) is 6.39. The number of carbonyl (C=O) groups is 2. The maximum Gasteiger partial charge on any atom is 0.225 e. The van der Waals surface area contributed by atoms with Gasteiger partial charge in [-0.3, -0.25) is 9.59 Å². The average Bonchev–Trinajstić information content (AvgIpc) is 2.73. The van der Waals surface area contributed by atoms with Crippen molar-refractivity contribution in [3.8, 4) is 0 Å². The van der Waals surface area contributed by atoms with Crippen molar-refractivity contribution in [2.75, 3.05) is 17.3 Å². The molecule has 4 nitrogen and oxygen atoms in total. The molecule has 0 spiro atoms. The van der Waals surface area contributed by atoms with Gasteiger partial charge in [-0.25, -0.2) is 4.39 Å². The molecular formula is C24H23FN2O2. The van der Waals surface area contributed by atoms with E-state index >= 15 is 0 Å². The molecule has 2 amide bonds. The third-order valence-corrected chi connectivity index (χ3v) is 4.86. The summed E-state index contributed by atoms with van der Waals surface area (Å²) in [6.07, 6.45) is 0.188. The molecule has 3 aromatic rings. The van der Waals surface area contributed by atoms with Crippen molar-refractivity contribution in [2.45, 2.75) is 19.3 Å². The summed E-state index contributed by atoms with van der Waals surface area (Å²) < 4.78 is 13.8. The van der Waals surface area contributed by atoms with Gasteiger partial charge < -0.3 is 10.2 Å². The van der Waals surface area contributed by atoms with Gasteiger partial charge in [0.15, 0.2) is 0 Å². The van der Waals surface area contributed by atoms with Gasteiger partial charge in [0.25, 0.3) is 0 Å². The van der Waals surface area contributed by atoms with E-state index in [0.717, 1.165) is 11.1 Å². The van der Waals surface area contributed by atoms with E-state index in [2.05, 4.69) is 5.32 Å². The Morgan fingerprint density at radius 2 is 1.48 bits per heavy atom. The molecular weight excluding hydrogens is 367 g/mol. The van der Waals surface area contributed by atoms with Gasteiger partial charge in [-0.2, -0.15) is 0 Å². The molecule has 148 valence electrons. The molecule has 3 rings (SSSR count). The summed E-state index contributed by atoms with van der Waals surface area (Å²) in [4.78, 5) is 26.0. The number of rotatable bonds is 6. The smallest absolute Gasteiger partial charge is 0.225 e. The summed E-state index contributed by atoms with van der Waals surface area (Å²) in [5.41, 5.74) is 2.76. The Morgan fingerprint density at radius 1 is 0.931 bits per heavy atom. The largest absolute Gasteiger partial charge is 0.324 e. The van der Waals surface area contributed by atoms with E-state index in [1.54, 1.807) is 7.05 Å². The van der Waals surface area contributed by atoms with Crippen LogP contribution in [0.3, 0.4) is 0 Å². The van der Waals surface area contributed by atoms with Gasteiger partial charge in [0.2, 0.25) is 11.8 Å². The molecule has 0 saturated heterocycles. The lowest BCUT2D eigenvalue weighted by Crippen LogP contribution is -2.25. The van der Waals surface area contributed by atoms with Gasteiger partial charge in [-0.15, -0.1) is 0 Å². The monoisotopic (exact) mass is 390 g/mol. The molecule has 0 aliphatic heterocycles. The molecule has 5 heteroatoms. The fourth-order valence-electron chi connectivity index (χ4n) is 3.26. The number of halogens is 1. The predicted molar refractivity (Wildman–Crippen MR) is 113 cm³/mol. The van der Waals surface area contributed by atoms with Crippen molar-refractivity contribution >= 4 is 23.2 Å². The minimum Gasteiger partial charge on any atom is -0.324 e. The summed E-state index contributed by atoms with van der Waals surface area (Å²) in [6, 6.07) is 23.6. The maximum absolute atomic E-state index is 13.8. The summed E-state index contributed by atoms with van der Waals surface area (Å²) in [6.45, 7) is 1.41. The molecule has 0 fully saturated rings. The van der Waals surface area contributed by atoms with Crippen LogP contribution in [-0.2, 0) is 9.59 Å². The molecule has 0 atom stereocenters. The Balaban J connectivity index is 1.87. The first-order valence-electron chi connectivity index (χ1n) is 9.39. The number of carbonyl (C=O) groups excluding carboxylic acids is 2. The third-order valence-electron chi connectivity index (χ3n) is 4.86. The van der Waals surface area contributed by atoms with Crippen LogP contribution >= 0.6 is 0 Å². The second-order valence-electron chi connectivity index (χ2n) is 6.87. The molecule has 29 heavy (non-hydrogen) atoms. The number of nitrogens with zero attached hydrogens (tertiary/aromatic N) is 1. The van der Waals surface area contributed by atoms with Gasteiger partial charge in [-0.1, -0.05) is 60.7 Å². The molecule has 0 saturated carbocycles. The number of benzene rings is 3. The van der Waals surface area contributed by atoms with Crippen molar-refractivity contribution in [3.63, 3.8) is 0 Å². The van der Waals surface area contributed by atoms with E-state index in [0.29, 0.717) is 5.69 Å². The standard InChI is InChI=1S/C24H23FN2O2/c1-17(28)27(2)23-14-13-20(25)15-22(23)26-24(29)16-21(18-9-5-3-6-10-18)19-11-7-4-8-12-19/h3-15,21H,16H2,1-2H3,(H,26,29). The predicted octanol–water partition coefficient (Wildman–Crippen LogP) is 4.97. The minimum absolute atomic E-state index is 0.139. The fourth-order valence-corrected chi connectivity index (χ4v) is 3.26. The lowest BCUT2D eigenvalue weighted by Gasteiger charge is -2.21. The zero-order valence-electron chi connectivity index (χ0n) is 16.4. The molecule has 0 heterocycles. The summed E-state index contributed by atoms with van der Waals surface area (Å²) in [7, 11) is 1.59. The second kappa shape index (κ2) is 9.15. The number of hydrogen-bond acceptors (Lipinski definition) is 2. The second-order valence-corrected chi connectivity index (χ2v) is 6.87. The lowest BCUT2D eigenvalue weighted by molar-refractivity contribution is -0.117. The van der Waals surface area contributed by atoms with Gasteiger partial charge >= 0.3 is 0 Å². The highest BCUT2D eigenvalue weighted by Crippen LogP contribution is 2.30. The van der Waals surface area contributed by atoms with Gasteiger partial charge in [0, 0.05) is 26.3 Å².